The van der Waals surface area contributed by atoms with Crippen LogP contribution >= 0.6 is 11.3 Å². The molecule has 1 aliphatic carbocycles. The molecule has 0 saturated heterocycles. The number of thiazole rings is 1. The van der Waals surface area contributed by atoms with E-state index in [1.54, 1.807) is 0 Å². The van der Waals surface area contributed by atoms with Crippen molar-refractivity contribution in [3.63, 3.8) is 0 Å². The zero-order valence-electron chi connectivity index (χ0n) is 6.58. The molecule has 0 unspecified atom stereocenters. The first kappa shape index (κ1) is 7.71. The van der Waals surface area contributed by atoms with Crippen LogP contribution in [-0.2, 0) is 12.0 Å². The molecule has 1 aromatic rings. The summed E-state index contributed by atoms with van der Waals surface area (Å²) < 4.78 is 0. The topological polar surface area (TPSA) is 62.7 Å². The lowest BCUT2D eigenvalue weighted by Gasteiger charge is -2.01. The molecule has 1 aromatic heterocycles. The molecule has 0 amide bonds. The van der Waals surface area contributed by atoms with Crippen LogP contribution in [0.3, 0.4) is 0 Å². The molecule has 0 aromatic carbocycles. The summed E-state index contributed by atoms with van der Waals surface area (Å²) in [5.41, 5.74) is 6.76. The van der Waals surface area contributed by atoms with Crippen molar-refractivity contribution in [3.05, 3.63) is 16.1 Å². The predicted octanol–water partition coefficient (Wildman–Crippen LogP) is 1.16. The van der Waals surface area contributed by atoms with E-state index in [0.29, 0.717) is 6.42 Å². The summed E-state index contributed by atoms with van der Waals surface area (Å²) in [7, 11) is 0. The van der Waals surface area contributed by atoms with Crippen molar-refractivity contribution in [3.8, 4) is 6.07 Å². The fraction of sp³-hybridized carbons (Fsp3) is 0.500. The van der Waals surface area contributed by atoms with Gasteiger partial charge < -0.3 is 5.73 Å². The van der Waals surface area contributed by atoms with Gasteiger partial charge in [-0.3, -0.25) is 0 Å². The largest absolute Gasteiger partial charge is 0.320 e. The van der Waals surface area contributed by atoms with Gasteiger partial charge in [0.1, 0.15) is 5.01 Å². The highest BCUT2D eigenvalue weighted by molar-refractivity contribution is 7.09. The average molecular weight is 179 g/mol. The number of hydrogen-bond acceptors (Lipinski definition) is 4. The third-order valence-corrected chi connectivity index (χ3v) is 2.93. The number of rotatable bonds is 2. The second-order valence-electron chi connectivity index (χ2n) is 3.12. The molecule has 3 nitrogen and oxygen atoms in total. The third-order valence-electron chi connectivity index (χ3n) is 2.08. The molecule has 0 atom stereocenters. The van der Waals surface area contributed by atoms with Crippen molar-refractivity contribution in [2.24, 2.45) is 5.73 Å². The first-order chi connectivity index (χ1) is 5.74. The van der Waals surface area contributed by atoms with E-state index in [1.807, 2.05) is 5.38 Å². The van der Waals surface area contributed by atoms with E-state index in [1.165, 1.54) is 11.3 Å². The minimum atomic E-state index is -0.149. The summed E-state index contributed by atoms with van der Waals surface area (Å²) >= 11 is 1.53. The molecular formula is C8H9N3S. The normalized spacial score (nSPS) is 18.7. The van der Waals surface area contributed by atoms with Gasteiger partial charge in [-0.25, -0.2) is 4.98 Å². The first-order valence-corrected chi connectivity index (χ1v) is 4.73. The van der Waals surface area contributed by atoms with Gasteiger partial charge in [-0.2, -0.15) is 5.26 Å². The standard InChI is InChI=1S/C8H9N3S/c9-4-1-7-11-6(5-12-7)8(10)2-3-8/h5H,1-3,10H2. The van der Waals surface area contributed by atoms with Crippen LogP contribution in [-0.4, -0.2) is 4.98 Å². The molecule has 1 saturated carbocycles. The van der Waals surface area contributed by atoms with E-state index >= 15 is 0 Å². The Labute approximate surface area is 74.8 Å². The maximum Gasteiger partial charge on any atom is 0.107 e. The van der Waals surface area contributed by atoms with E-state index in [0.717, 1.165) is 23.5 Å². The van der Waals surface area contributed by atoms with Crippen molar-refractivity contribution in [2.75, 3.05) is 0 Å². The molecule has 62 valence electrons. The predicted molar refractivity (Wildman–Crippen MR) is 46.5 cm³/mol. The SMILES string of the molecule is N#CCc1nc(C2(N)CC2)cs1. The quantitative estimate of drug-likeness (QED) is 0.741. The lowest BCUT2D eigenvalue weighted by atomic mass is 10.2. The molecule has 12 heavy (non-hydrogen) atoms. The Morgan fingerprint density at radius 1 is 1.75 bits per heavy atom. The van der Waals surface area contributed by atoms with Gasteiger partial charge in [0.15, 0.2) is 0 Å². The van der Waals surface area contributed by atoms with Gasteiger partial charge in [-0.15, -0.1) is 11.3 Å². The van der Waals surface area contributed by atoms with Gasteiger partial charge in [0.2, 0.25) is 0 Å². The Morgan fingerprint density at radius 3 is 3.08 bits per heavy atom. The van der Waals surface area contributed by atoms with Gasteiger partial charge in [0, 0.05) is 5.38 Å². The Hall–Kier alpha value is -0.920. The van der Waals surface area contributed by atoms with Crippen LogP contribution < -0.4 is 5.73 Å². The lowest BCUT2D eigenvalue weighted by molar-refractivity contribution is 0.711. The highest BCUT2D eigenvalue weighted by atomic mass is 32.1. The van der Waals surface area contributed by atoms with E-state index in [9.17, 15) is 0 Å². The fourth-order valence-electron chi connectivity index (χ4n) is 1.08. The number of nitriles is 1. The van der Waals surface area contributed by atoms with Gasteiger partial charge in [0.25, 0.3) is 0 Å². The van der Waals surface area contributed by atoms with Crippen LogP contribution in [0.1, 0.15) is 23.5 Å². The van der Waals surface area contributed by atoms with Crippen LogP contribution in [0.25, 0.3) is 0 Å². The van der Waals surface area contributed by atoms with Crippen molar-refractivity contribution < 1.29 is 0 Å². The molecular weight excluding hydrogens is 170 g/mol. The summed E-state index contributed by atoms with van der Waals surface area (Å²) in [6.45, 7) is 0. The fourth-order valence-corrected chi connectivity index (χ4v) is 1.91. The molecule has 1 aliphatic rings. The van der Waals surface area contributed by atoms with E-state index in [2.05, 4.69) is 11.1 Å². The zero-order chi connectivity index (χ0) is 8.60. The van der Waals surface area contributed by atoms with Crippen molar-refractivity contribution in [1.29, 1.82) is 5.26 Å². The molecule has 0 aliphatic heterocycles. The molecule has 0 spiro atoms. The molecule has 4 heteroatoms. The average Bonchev–Trinajstić information content (AvgIpc) is 2.64. The van der Waals surface area contributed by atoms with Gasteiger partial charge in [-0.05, 0) is 12.8 Å². The highest BCUT2D eigenvalue weighted by Gasteiger charge is 2.42. The van der Waals surface area contributed by atoms with Gasteiger partial charge >= 0.3 is 0 Å². The summed E-state index contributed by atoms with van der Waals surface area (Å²) in [5.74, 6) is 0. The summed E-state index contributed by atoms with van der Waals surface area (Å²) in [6.07, 6.45) is 2.46. The molecule has 1 heterocycles. The molecule has 2 rings (SSSR count). The van der Waals surface area contributed by atoms with Crippen LogP contribution in [0.15, 0.2) is 5.38 Å². The van der Waals surface area contributed by atoms with Crippen molar-refractivity contribution in [2.45, 2.75) is 24.8 Å². The highest BCUT2D eigenvalue weighted by Crippen LogP contribution is 2.42. The third kappa shape index (κ3) is 1.22. The number of nitrogens with two attached hydrogens (primary N) is 1. The summed E-state index contributed by atoms with van der Waals surface area (Å²) in [5, 5.41) is 11.3. The van der Waals surface area contributed by atoms with E-state index in [4.69, 9.17) is 11.0 Å². The minimum absolute atomic E-state index is 0.149. The van der Waals surface area contributed by atoms with E-state index in [-0.39, 0.29) is 5.54 Å². The number of aromatic nitrogens is 1. The first-order valence-electron chi connectivity index (χ1n) is 3.85. The van der Waals surface area contributed by atoms with Gasteiger partial charge in [-0.1, -0.05) is 0 Å². The second-order valence-corrected chi connectivity index (χ2v) is 4.06. The summed E-state index contributed by atoms with van der Waals surface area (Å²) in [4.78, 5) is 4.30. The summed E-state index contributed by atoms with van der Waals surface area (Å²) in [6, 6.07) is 2.08. The zero-order valence-corrected chi connectivity index (χ0v) is 7.40. The Bertz CT molecular complexity index is 332. The molecule has 0 bridgehead atoms. The van der Waals surface area contributed by atoms with Gasteiger partial charge in [0.05, 0.1) is 23.7 Å². The Morgan fingerprint density at radius 2 is 2.50 bits per heavy atom. The monoisotopic (exact) mass is 179 g/mol. The van der Waals surface area contributed by atoms with Crippen molar-refractivity contribution in [1.82, 2.24) is 4.98 Å². The second kappa shape index (κ2) is 2.54. The van der Waals surface area contributed by atoms with Crippen LogP contribution in [0.2, 0.25) is 0 Å². The lowest BCUT2D eigenvalue weighted by Crippen LogP contribution is -2.18. The van der Waals surface area contributed by atoms with E-state index < -0.39 is 0 Å². The minimum Gasteiger partial charge on any atom is -0.320 e. The number of nitrogens with zero attached hydrogens (tertiary/aromatic N) is 2. The van der Waals surface area contributed by atoms with Crippen LogP contribution in [0.4, 0.5) is 0 Å². The Kier molecular flexibility index (Phi) is 1.63. The van der Waals surface area contributed by atoms with Crippen LogP contribution in [0, 0.1) is 11.3 Å². The molecule has 1 fully saturated rings. The smallest absolute Gasteiger partial charge is 0.107 e. The van der Waals surface area contributed by atoms with Crippen LogP contribution in [0.5, 0.6) is 0 Å². The molecule has 0 radical (unpaired) electrons. The maximum absolute atomic E-state index is 8.43. The number of hydrogen-bond donors (Lipinski definition) is 1. The Balaban J connectivity index is 2.20. The van der Waals surface area contributed by atoms with Crippen molar-refractivity contribution >= 4 is 11.3 Å². The maximum atomic E-state index is 8.43. The molecule has 2 N–H and O–H groups in total.